The standard InChI is InChI=1S/C27H32N6O2/c1-30-25-23(26(34)31(2)27(30)35)28-22(29-25)14-9-15-32-16-18-33(19-17-32)24(20-10-5-3-6-11-20)21-12-7-4-8-13-21/h3-8,10-13,24H,9,14-19H2,1-2H3,(H,28,29). The summed E-state index contributed by atoms with van der Waals surface area (Å²) < 4.78 is 2.54. The molecule has 0 saturated carbocycles. The molecule has 35 heavy (non-hydrogen) atoms. The summed E-state index contributed by atoms with van der Waals surface area (Å²) in [5.41, 5.74) is 2.79. The Bertz CT molecular complexity index is 1360. The van der Waals surface area contributed by atoms with Crippen molar-refractivity contribution in [3.05, 3.63) is 98.5 Å². The van der Waals surface area contributed by atoms with Crippen LogP contribution in [0.5, 0.6) is 0 Å². The Kier molecular flexibility index (Phi) is 6.66. The number of nitrogens with zero attached hydrogens (tertiary/aromatic N) is 5. The van der Waals surface area contributed by atoms with E-state index in [1.165, 1.54) is 22.7 Å². The number of nitrogens with one attached hydrogen (secondary N) is 1. The van der Waals surface area contributed by atoms with E-state index in [9.17, 15) is 9.59 Å². The maximum Gasteiger partial charge on any atom is 0.332 e. The van der Waals surface area contributed by atoms with Crippen molar-refractivity contribution in [3.63, 3.8) is 0 Å². The number of fused-ring (bicyclic) bond motifs is 1. The second-order valence-corrected chi connectivity index (χ2v) is 9.29. The van der Waals surface area contributed by atoms with Crippen molar-refractivity contribution in [1.29, 1.82) is 0 Å². The highest BCUT2D eigenvalue weighted by atomic mass is 16.2. The van der Waals surface area contributed by atoms with Gasteiger partial charge in [-0.05, 0) is 24.1 Å². The van der Waals surface area contributed by atoms with Crippen LogP contribution in [-0.4, -0.2) is 61.6 Å². The summed E-state index contributed by atoms with van der Waals surface area (Å²) in [6, 6.07) is 21.8. The monoisotopic (exact) mass is 472 g/mol. The first-order valence-electron chi connectivity index (χ1n) is 12.2. The molecule has 0 atom stereocenters. The highest BCUT2D eigenvalue weighted by Crippen LogP contribution is 2.29. The van der Waals surface area contributed by atoms with Crippen LogP contribution >= 0.6 is 0 Å². The van der Waals surface area contributed by atoms with E-state index in [1.54, 1.807) is 7.05 Å². The number of aromatic nitrogens is 4. The first kappa shape index (κ1) is 23.3. The Balaban J connectivity index is 1.20. The molecule has 0 bridgehead atoms. The molecule has 2 aromatic heterocycles. The minimum Gasteiger partial charge on any atom is -0.336 e. The van der Waals surface area contributed by atoms with E-state index in [4.69, 9.17) is 0 Å². The number of hydrogen-bond donors (Lipinski definition) is 1. The molecule has 0 spiro atoms. The van der Waals surface area contributed by atoms with Crippen molar-refractivity contribution in [2.24, 2.45) is 14.1 Å². The van der Waals surface area contributed by atoms with Gasteiger partial charge in [-0.15, -0.1) is 0 Å². The summed E-state index contributed by atoms with van der Waals surface area (Å²) >= 11 is 0. The van der Waals surface area contributed by atoms with Crippen molar-refractivity contribution in [2.75, 3.05) is 32.7 Å². The van der Waals surface area contributed by atoms with E-state index >= 15 is 0 Å². The molecule has 4 aromatic rings. The van der Waals surface area contributed by atoms with E-state index in [0.717, 1.165) is 56.0 Å². The van der Waals surface area contributed by atoms with Crippen LogP contribution in [0.15, 0.2) is 70.3 Å². The number of aromatic amines is 1. The lowest BCUT2D eigenvalue weighted by Crippen LogP contribution is -2.48. The molecule has 0 unspecified atom stereocenters. The molecule has 1 saturated heterocycles. The van der Waals surface area contributed by atoms with Gasteiger partial charge in [-0.1, -0.05) is 60.7 Å². The van der Waals surface area contributed by atoms with Gasteiger partial charge in [0, 0.05) is 46.7 Å². The molecule has 0 amide bonds. The Morgan fingerprint density at radius 2 is 1.46 bits per heavy atom. The Hall–Kier alpha value is -3.49. The summed E-state index contributed by atoms with van der Waals surface area (Å²) in [6.45, 7) is 5.04. The van der Waals surface area contributed by atoms with Gasteiger partial charge in [0.25, 0.3) is 5.56 Å². The Morgan fingerprint density at radius 3 is 2.06 bits per heavy atom. The van der Waals surface area contributed by atoms with Crippen molar-refractivity contribution >= 4 is 11.2 Å². The van der Waals surface area contributed by atoms with Crippen LogP contribution in [0.4, 0.5) is 0 Å². The molecule has 3 heterocycles. The normalized spacial score (nSPS) is 15.3. The number of benzene rings is 2. The lowest BCUT2D eigenvalue weighted by Gasteiger charge is -2.39. The molecule has 1 N–H and O–H groups in total. The number of hydrogen-bond acceptors (Lipinski definition) is 5. The van der Waals surface area contributed by atoms with Gasteiger partial charge in [-0.2, -0.15) is 0 Å². The maximum absolute atomic E-state index is 12.4. The number of H-pyrrole nitrogens is 1. The average molecular weight is 473 g/mol. The van der Waals surface area contributed by atoms with Gasteiger partial charge < -0.3 is 9.88 Å². The number of piperazine rings is 1. The number of imidazole rings is 1. The molecule has 8 nitrogen and oxygen atoms in total. The highest BCUT2D eigenvalue weighted by molar-refractivity contribution is 5.69. The minimum atomic E-state index is -0.359. The first-order valence-corrected chi connectivity index (χ1v) is 12.2. The Labute approximate surface area is 204 Å². The van der Waals surface area contributed by atoms with Crippen molar-refractivity contribution < 1.29 is 0 Å². The molecule has 0 radical (unpaired) electrons. The van der Waals surface area contributed by atoms with E-state index in [1.807, 2.05) is 0 Å². The fraction of sp³-hybridized carbons (Fsp3) is 0.370. The predicted molar refractivity (Wildman–Crippen MR) is 138 cm³/mol. The quantitative estimate of drug-likeness (QED) is 0.447. The molecule has 2 aromatic carbocycles. The van der Waals surface area contributed by atoms with Crippen molar-refractivity contribution in [1.82, 2.24) is 28.9 Å². The smallest absolute Gasteiger partial charge is 0.332 e. The SMILES string of the molecule is Cn1c(=O)c2[nH]c(CCCN3CCN(C(c4ccccc4)c4ccccc4)CC3)nc2n(C)c1=O. The van der Waals surface area contributed by atoms with Crippen molar-refractivity contribution in [3.8, 4) is 0 Å². The fourth-order valence-corrected chi connectivity index (χ4v) is 5.09. The van der Waals surface area contributed by atoms with Gasteiger partial charge in [-0.3, -0.25) is 18.8 Å². The summed E-state index contributed by atoms with van der Waals surface area (Å²) in [5, 5.41) is 0. The summed E-state index contributed by atoms with van der Waals surface area (Å²) in [4.78, 5) is 37.3. The lowest BCUT2D eigenvalue weighted by molar-refractivity contribution is 0.108. The molecule has 8 heteroatoms. The third-order valence-electron chi connectivity index (χ3n) is 7.03. The topological polar surface area (TPSA) is 79.2 Å². The van der Waals surface area contributed by atoms with Gasteiger partial charge in [0.05, 0.1) is 6.04 Å². The summed E-state index contributed by atoms with van der Waals surface area (Å²) in [5.74, 6) is 0.755. The third kappa shape index (κ3) is 4.72. The van der Waals surface area contributed by atoms with Crippen LogP contribution in [0.3, 0.4) is 0 Å². The lowest BCUT2D eigenvalue weighted by atomic mass is 9.96. The molecule has 0 aliphatic carbocycles. The molecule has 5 rings (SSSR count). The predicted octanol–water partition coefficient (Wildman–Crippen LogP) is 2.30. The van der Waals surface area contributed by atoms with Gasteiger partial charge in [0.1, 0.15) is 11.3 Å². The fourth-order valence-electron chi connectivity index (χ4n) is 5.09. The number of rotatable bonds is 7. The van der Waals surface area contributed by atoms with E-state index in [2.05, 4.69) is 80.4 Å². The second-order valence-electron chi connectivity index (χ2n) is 9.29. The van der Waals surface area contributed by atoms with E-state index in [-0.39, 0.29) is 17.3 Å². The second kappa shape index (κ2) is 10.0. The van der Waals surface area contributed by atoms with Crippen LogP contribution in [-0.2, 0) is 20.5 Å². The largest absolute Gasteiger partial charge is 0.336 e. The van der Waals surface area contributed by atoms with Gasteiger partial charge in [0.15, 0.2) is 5.65 Å². The van der Waals surface area contributed by atoms with Crippen LogP contribution in [0.1, 0.15) is 29.4 Å². The zero-order valence-electron chi connectivity index (χ0n) is 20.4. The first-order chi connectivity index (χ1) is 17.0. The molecule has 1 fully saturated rings. The van der Waals surface area contributed by atoms with Crippen LogP contribution in [0.2, 0.25) is 0 Å². The third-order valence-corrected chi connectivity index (χ3v) is 7.03. The van der Waals surface area contributed by atoms with Crippen molar-refractivity contribution in [2.45, 2.75) is 18.9 Å². The van der Waals surface area contributed by atoms with Gasteiger partial charge >= 0.3 is 5.69 Å². The molecule has 1 aliphatic heterocycles. The maximum atomic E-state index is 12.4. The molecule has 1 aliphatic rings. The minimum absolute atomic E-state index is 0.268. The molecular formula is C27H32N6O2. The Morgan fingerprint density at radius 1 is 0.857 bits per heavy atom. The molecule has 182 valence electrons. The van der Waals surface area contributed by atoms with Crippen LogP contribution in [0.25, 0.3) is 11.2 Å². The van der Waals surface area contributed by atoms with E-state index in [0.29, 0.717) is 11.2 Å². The summed E-state index contributed by atoms with van der Waals surface area (Å²) in [6.07, 6.45) is 1.68. The summed E-state index contributed by atoms with van der Waals surface area (Å²) in [7, 11) is 3.14. The van der Waals surface area contributed by atoms with Gasteiger partial charge in [-0.25, -0.2) is 9.78 Å². The highest BCUT2D eigenvalue weighted by Gasteiger charge is 2.26. The molecular weight excluding hydrogens is 440 g/mol. The van der Waals surface area contributed by atoms with Crippen LogP contribution < -0.4 is 11.2 Å². The van der Waals surface area contributed by atoms with Gasteiger partial charge in [0.2, 0.25) is 0 Å². The van der Waals surface area contributed by atoms with E-state index < -0.39 is 0 Å². The average Bonchev–Trinajstić information content (AvgIpc) is 3.33. The van der Waals surface area contributed by atoms with Crippen LogP contribution in [0, 0.1) is 0 Å². The number of aryl methyl sites for hydroxylation is 2. The zero-order valence-corrected chi connectivity index (χ0v) is 20.4. The zero-order chi connectivity index (χ0) is 24.4.